The molecule has 86 valence electrons. The molecule has 0 aromatic carbocycles. The number of hydrogen-bond acceptors (Lipinski definition) is 3. The van der Waals surface area contributed by atoms with Gasteiger partial charge in [0.15, 0.2) is 0 Å². The van der Waals surface area contributed by atoms with Crippen LogP contribution in [0.25, 0.3) is 0 Å². The topological polar surface area (TPSA) is 49.5 Å². The lowest BCUT2D eigenvalue weighted by molar-refractivity contribution is 0.211. The number of aliphatic hydroxyl groups excluding tert-OH is 1. The summed E-state index contributed by atoms with van der Waals surface area (Å²) in [6, 6.07) is -0.0546. The summed E-state index contributed by atoms with van der Waals surface area (Å²) < 4.78 is 0. The normalized spacial score (nSPS) is 15.9. The fourth-order valence-electron chi connectivity index (χ4n) is 1.39. The van der Waals surface area contributed by atoms with Crippen LogP contribution >= 0.6 is 0 Å². The monoisotopic (exact) mass is 202 g/mol. The fraction of sp³-hybridized carbons (Fsp3) is 1.00. The van der Waals surface area contributed by atoms with E-state index in [2.05, 4.69) is 25.7 Å². The highest BCUT2D eigenvalue weighted by Crippen LogP contribution is 2.05. The molecule has 0 saturated heterocycles. The molecule has 3 heteroatoms. The zero-order valence-corrected chi connectivity index (χ0v) is 9.87. The molecule has 0 bridgehead atoms. The number of hydrogen-bond donors (Lipinski definition) is 2. The SMILES string of the molecule is CCC(C)CN(CC)CCC(N)CO. The zero-order chi connectivity index (χ0) is 11.0. The lowest BCUT2D eigenvalue weighted by Gasteiger charge is -2.24. The Morgan fingerprint density at radius 3 is 2.43 bits per heavy atom. The molecule has 0 radical (unpaired) electrons. The van der Waals surface area contributed by atoms with Crippen LogP contribution in [0.3, 0.4) is 0 Å². The molecular formula is C11H26N2O. The third-order valence-electron chi connectivity index (χ3n) is 2.76. The van der Waals surface area contributed by atoms with E-state index in [-0.39, 0.29) is 12.6 Å². The quantitative estimate of drug-likeness (QED) is 0.619. The van der Waals surface area contributed by atoms with Gasteiger partial charge in [-0.1, -0.05) is 27.2 Å². The van der Waals surface area contributed by atoms with Crippen molar-refractivity contribution in [3.63, 3.8) is 0 Å². The smallest absolute Gasteiger partial charge is 0.0583 e. The maximum atomic E-state index is 8.80. The standard InChI is InChI=1S/C11H26N2O/c1-4-10(3)8-13(5-2)7-6-11(12)9-14/h10-11,14H,4-9,12H2,1-3H3. The lowest BCUT2D eigenvalue weighted by Crippen LogP contribution is -2.34. The van der Waals surface area contributed by atoms with Crippen molar-refractivity contribution < 1.29 is 5.11 Å². The summed E-state index contributed by atoms with van der Waals surface area (Å²) in [5.74, 6) is 0.750. The van der Waals surface area contributed by atoms with Crippen molar-refractivity contribution >= 4 is 0 Å². The third kappa shape index (κ3) is 6.35. The summed E-state index contributed by atoms with van der Waals surface area (Å²) in [5.41, 5.74) is 5.66. The van der Waals surface area contributed by atoms with E-state index in [9.17, 15) is 0 Å². The molecule has 0 saturated carbocycles. The van der Waals surface area contributed by atoms with Gasteiger partial charge in [-0.05, 0) is 25.4 Å². The molecule has 14 heavy (non-hydrogen) atoms. The molecule has 3 nitrogen and oxygen atoms in total. The second-order valence-corrected chi connectivity index (χ2v) is 4.14. The number of aliphatic hydroxyl groups is 1. The van der Waals surface area contributed by atoms with Crippen LogP contribution in [0.2, 0.25) is 0 Å². The Hall–Kier alpha value is -0.120. The van der Waals surface area contributed by atoms with Crippen LogP contribution in [-0.4, -0.2) is 42.3 Å². The first-order chi connectivity index (χ1) is 6.63. The molecule has 2 atom stereocenters. The van der Waals surface area contributed by atoms with E-state index in [4.69, 9.17) is 10.8 Å². The maximum Gasteiger partial charge on any atom is 0.0583 e. The summed E-state index contributed by atoms with van der Waals surface area (Å²) in [5, 5.41) is 8.80. The van der Waals surface area contributed by atoms with Crippen LogP contribution in [0.15, 0.2) is 0 Å². The molecule has 0 fully saturated rings. The minimum Gasteiger partial charge on any atom is -0.395 e. The van der Waals surface area contributed by atoms with Crippen LogP contribution in [0.4, 0.5) is 0 Å². The first kappa shape index (κ1) is 13.9. The Morgan fingerprint density at radius 2 is 2.00 bits per heavy atom. The summed E-state index contributed by atoms with van der Waals surface area (Å²) in [4.78, 5) is 2.41. The summed E-state index contributed by atoms with van der Waals surface area (Å²) in [6.45, 7) is 9.98. The van der Waals surface area contributed by atoms with E-state index < -0.39 is 0 Å². The van der Waals surface area contributed by atoms with E-state index in [0.717, 1.165) is 32.0 Å². The van der Waals surface area contributed by atoms with E-state index in [1.54, 1.807) is 0 Å². The highest BCUT2D eigenvalue weighted by atomic mass is 16.3. The van der Waals surface area contributed by atoms with Crippen molar-refractivity contribution in [1.82, 2.24) is 4.90 Å². The Balaban J connectivity index is 3.68. The van der Waals surface area contributed by atoms with Gasteiger partial charge < -0.3 is 15.7 Å². The zero-order valence-electron chi connectivity index (χ0n) is 9.87. The van der Waals surface area contributed by atoms with Crippen molar-refractivity contribution in [3.8, 4) is 0 Å². The van der Waals surface area contributed by atoms with Crippen molar-refractivity contribution in [2.45, 2.75) is 39.7 Å². The molecule has 0 aliphatic carbocycles. The van der Waals surface area contributed by atoms with E-state index in [0.29, 0.717) is 0 Å². The maximum absolute atomic E-state index is 8.80. The van der Waals surface area contributed by atoms with Gasteiger partial charge in [0.2, 0.25) is 0 Å². The highest BCUT2D eigenvalue weighted by Gasteiger charge is 2.08. The Kier molecular flexibility index (Phi) is 8.14. The molecule has 2 unspecified atom stereocenters. The molecule has 0 rings (SSSR count). The molecule has 0 heterocycles. The molecule has 0 aromatic rings. The van der Waals surface area contributed by atoms with Crippen molar-refractivity contribution in [2.75, 3.05) is 26.2 Å². The molecule has 0 aliphatic rings. The average molecular weight is 202 g/mol. The Labute approximate surface area is 88.3 Å². The van der Waals surface area contributed by atoms with Gasteiger partial charge >= 0.3 is 0 Å². The van der Waals surface area contributed by atoms with Crippen LogP contribution in [-0.2, 0) is 0 Å². The molecular weight excluding hydrogens is 176 g/mol. The second kappa shape index (κ2) is 8.21. The van der Waals surface area contributed by atoms with Gasteiger partial charge in [-0.15, -0.1) is 0 Å². The largest absolute Gasteiger partial charge is 0.395 e. The minimum absolute atomic E-state index is 0.0546. The first-order valence-electron chi connectivity index (χ1n) is 5.72. The number of rotatable bonds is 8. The highest BCUT2D eigenvalue weighted by molar-refractivity contribution is 4.65. The van der Waals surface area contributed by atoms with Crippen LogP contribution in [0, 0.1) is 5.92 Å². The molecule has 0 amide bonds. The number of nitrogens with two attached hydrogens (primary N) is 1. The Bertz CT molecular complexity index is 130. The number of nitrogens with zero attached hydrogens (tertiary/aromatic N) is 1. The van der Waals surface area contributed by atoms with Gasteiger partial charge in [-0.2, -0.15) is 0 Å². The average Bonchev–Trinajstić information content (AvgIpc) is 2.22. The second-order valence-electron chi connectivity index (χ2n) is 4.14. The van der Waals surface area contributed by atoms with Crippen LogP contribution in [0.5, 0.6) is 0 Å². The van der Waals surface area contributed by atoms with E-state index in [1.807, 2.05) is 0 Å². The molecule has 3 N–H and O–H groups in total. The minimum atomic E-state index is -0.0546. The van der Waals surface area contributed by atoms with Gasteiger partial charge in [0.1, 0.15) is 0 Å². The van der Waals surface area contributed by atoms with Gasteiger partial charge in [-0.3, -0.25) is 0 Å². The third-order valence-corrected chi connectivity index (χ3v) is 2.76. The van der Waals surface area contributed by atoms with Crippen molar-refractivity contribution in [3.05, 3.63) is 0 Å². The van der Waals surface area contributed by atoms with Gasteiger partial charge in [0, 0.05) is 12.6 Å². The molecule has 0 aromatic heterocycles. The van der Waals surface area contributed by atoms with Crippen molar-refractivity contribution in [1.29, 1.82) is 0 Å². The van der Waals surface area contributed by atoms with Gasteiger partial charge in [-0.25, -0.2) is 0 Å². The fourth-order valence-corrected chi connectivity index (χ4v) is 1.39. The summed E-state index contributed by atoms with van der Waals surface area (Å²) >= 11 is 0. The van der Waals surface area contributed by atoms with E-state index in [1.165, 1.54) is 6.42 Å². The Morgan fingerprint density at radius 1 is 1.36 bits per heavy atom. The molecule has 0 aliphatic heterocycles. The predicted octanol–water partition coefficient (Wildman–Crippen LogP) is 1.06. The van der Waals surface area contributed by atoms with Crippen LogP contribution in [0.1, 0.15) is 33.6 Å². The molecule has 0 spiro atoms. The first-order valence-corrected chi connectivity index (χ1v) is 5.72. The predicted molar refractivity (Wildman–Crippen MR) is 61.2 cm³/mol. The van der Waals surface area contributed by atoms with Crippen molar-refractivity contribution in [2.24, 2.45) is 11.7 Å². The van der Waals surface area contributed by atoms with Crippen LogP contribution < -0.4 is 5.73 Å². The van der Waals surface area contributed by atoms with Gasteiger partial charge in [0.25, 0.3) is 0 Å². The lowest BCUT2D eigenvalue weighted by atomic mass is 10.1. The van der Waals surface area contributed by atoms with E-state index >= 15 is 0 Å². The summed E-state index contributed by atoms with van der Waals surface area (Å²) in [6.07, 6.45) is 2.11. The van der Waals surface area contributed by atoms with Gasteiger partial charge in [0.05, 0.1) is 6.61 Å². The summed E-state index contributed by atoms with van der Waals surface area (Å²) in [7, 11) is 0.